The highest BCUT2D eigenvalue weighted by Crippen LogP contribution is 2.20. The molecule has 1 aliphatic rings. The molecule has 78 valence electrons. The normalized spacial score (nSPS) is 27.9. The smallest absolute Gasteiger partial charge is 0.175 e. The molecule has 2 heterocycles. The number of nitrogens with one attached hydrogen (secondary N) is 1. The predicted molar refractivity (Wildman–Crippen MR) is 52.6 cm³/mol. The van der Waals surface area contributed by atoms with Crippen LogP contribution in [0.3, 0.4) is 0 Å². The van der Waals surface area contributed by atoms with Crippen LogP contribution in [-0.4, -0.2) is 33.3 Å². The Morgan fingerprint density at radius 3 is 3.07 bits per heavy atom. The van der Waals surface area contributed by atoms with E-state index in [9.17, 15) is 0 Å². The van der Waals surface area contributed by atoms with Crippen LogP contribution >= 0.6 is 0 Å². The average Bonchev–Trinajstić information content (AvgIpc) is 2.56. The summed E-state index contributed by atoms with van der Waals surface area (Å²) in [5.41, 5.74) is 0. The number of piperidine rings is 1. The molecule has 1 aromatic rings. The number of tetrazole rings is 1. The van der Waals surface area contributed by atoms with E-state index in [0.717, 1.165) is 31.3 Å². The molecule has 0 bridgehead atoms. The van der Waals surface area contributed by atoms with Crippen LogP contribution in [0.2, 0.25) is 0 Å². The van der Waals surface area contributed by atoms with Crippen molar-refractivity contribution in [2.45, 2.75) is 19.8 Å². The maximum atomic E-state index is 4.21. The Morgan fingerprint density at radius 2 is 2.43 bits per heavy atom. The Hall–Kier alpha value is -0.970. The third-order valence-corrected chi connectivity index (χ3v) is 2.98. The van der Waals surface area contributed by atoms with Gasteiger partial charge in [0.25, 0.3) is 0 Å². The topological polar surface area (TPSA) is 55.6 Å². The summed E-state index contributed by atoms with van der Waals surface area (Å²) < 4.78 is 0. The summed E-state index contributed by atoms with van der Waals surface area (Å²) in [6.07, 6.45) is 2.20. The fourth-order valence-corrected chi connectivity index (χ4v) is 1.97. The Kier molecular flexibility index (Phi) is 2.77. The molecule has 0 spiro atoms. The molecule has 0 radical (unpaired) electrons. The number of aromatic nitrogens is 4. The van der Waals surface area contributed by atoms with Crippen molar-refractivity contribution in [3.8, 4) is 0 Å². The summed E-state index contributed by atoms with van der Waals surface area (Å²) in [6, 6.07) is 0. The lowest BCUT2D eigenvalue weighted by Gasteiger charge is -2.28. The molecule has 2 rings (SSSR count). The number of hydrogen-bond acceptors (Lipinski definition) is 4. The van der Waals surface area contributed by atoms with Gasteiger partial charge in [0.2, 0.25) is 0 Å². The fraction of sp³-hybridized carbons (Fsp3) is 0.889. The van der Waals surface area contributed by atoms with Crippen molar-refractivity contribution in [2.24, 2.45) is 18.9 Å². The summed E-state index contributed by atoms with van der Waals surface area (Å²) in [7, 11) is 1.80. The first-order valence-electron chi connectivity index (χ1n) is 5.19. The molecule has 1 N–H and O–H groups in total. The number of nitrogens with zero attached hydrogens (tertiary/aromatic N) is 4. The highest BCUT2D eigenvalue weighted by atomic mass is 15.6. The van der Waals surface area contributed by atoms with Gasteiger partial charge in [-0.25, -0.2) is 0 Å². The molecule has 0 saturated carbocycles. The Morgan fingerprint density at radius 1 is 1.57 bits per heavy atom. The Labute approximate surface area is 83.9 Å². The molecule has 0 aliphatic carbocycles. The van der Waals surface area contributed by atoms with E-state index in [4.69, 9.17) is 0 Å². The zero-order valence-electron chi connectivity index (χ0n) is 8.77. The van der Waals surface area contributed by atoms with Gasteiger partial charge in [0.15, 0.2) is 5.82 Å². The molecule has 1 fully saturated rings. The van der Waals surface area contributed by atoms with E-state index in [1.54, 1.807) is 7.05 Å². The maximum Gasteiger partial charge on any atom is 0.175 e. The zero-order chi connectivity index (χ0) is 9.97. The highest BCUT2D eigenvalue weighted by Gasteiger charge is 2.22. The predicted octanol–water partition coefficient (Wildman–Crippen LogP) is -0.00180. The van der Waals surface area contributed by atoms with Crippen LogP contribution in [0.5, 0.6) is 0 Å². The van der Waals surface area contributed by atoms with Crippen LogP contribution in [0.1, 0.15) is 19.2 Å². The minimum Gasteiger partial charge on any atom is -0.316 e. The molecule has 5 nitrogen and oxygen atoms in total. The average molecular weight is 195 g/mol. The van der Waals surface area contributed by atoms with Crippen LogP contribution in [0, 0.1) is 11.8 Å². The van der Waals surface area contributed by atoms with Gasteiger partial charge in [-0.3, -0.25) is 0 Å². The van der Waals surface area contributed by atoms with Crippen molar-refractivity contribution in [3.63, 3.8) is 0 Å². The van der Waals surface area contributed by atoms with Crippen LogP contribution in [0.15, 0.2) is 0 Å². The molecule has 5 heteroatoms. The number of hydrogen-bond donors (Lipinski definition) is 1. The van der Waals surface area contributed by atoms with Crippen LogP contribution < -0.4 is 5.32 Å². The van der Waals surface area contributed by atoms with E-state index in [1.807, 2.05) is 0 Å². The first-order valence-corrected chi connectivity index (χ1v) is 5.19. The van der Waals surface area contributed by atoms with Gasteiger partial charge in [-0.05, 0) is 36.6 Å². The summed E-state index contributed by atoms with van der Waals surface area (Å²) in [5.74, 6) is 2.29. The number of aryl methyl sites for hydroxylation is 1. The monoisotopic (exact) mass is 195 g/mol. The van der Waals surface area contributed by atoms with Gasteiger partial charge in [0, 0.05) is 6.42 Å². The van der Waals surface area contributed by atoms with Gasteiger partial charge in [0.05, 0.1) is 7.05 Å². The van der Waals surface area contributed by atoms with Crippen LogP contribution in [-0.2, 0) is 13.5 Å². The lowest BCUT2D eigenvalue weighted by molar-refractivity contribution is 0.269. The summed E-state index contributed by atoms with van der Waals surface area (Å²) in [4.78, 5) is 1.52. The lowest BCUT2D eigenvalue weighted by atomic mass is 9.85. The van der Waals surface area contributed by atoms with Crippen molar-refractivity contribution in [2.75, 3.05) is 13.1 Å². The molecule has 1 aliphatic heterocycles. The van der Waals surface area contributed by atoms with Crippen LogP contribution in [0.4, 0.5) is 0 Å². The molecule has 0 aromatic carbocycles. The van der Waals surface area contributed by atoms with E-state index in [2.05, 4.69) is 27.7 Å². The maximum absolute atomic E-state index is 4.21. The van der Waals surface area contributed by atoms with Gasteiger partial charge in [-0.1, -0.05) is 6.92 Å². The zero-order valence-corrected chi connectivity index (χ0v) is 8.77. The molecular formula is C9H17N5. The molecule has 1 saturated heterocycles. The van der Waals surface area contributed by atoms with Crippen molar-refractivity contribution >= 4 is 0 Å². The van der Waals surface area contributed by atoms with E-state index in [1.165, 1.54) is 11.2 Å². The van der Waals surface area contributed by atoms with Crippen molar-refractivity contribution in [1.29, 1.82) is 0 Å². The second-order valence-corrected chi connectivity index (χ2v) is 4.13. The molecule has 2 unspecified atom stereocenters. The van der Waals surface area contributed by atoms with Crippen molar-refractivity contribution in [3.05, 3.63) is 5.82 Å². The standard InChI is InChI=1S/C9H17N5/c1-7-3-4-10-6-8(7)5-9-11-13-14(2)12-9/h7-8,10H,3-6H2,1-2H3. The number of rotatable bonds is 2. The molecular weight excluding hydrogens is 178 g/mol. The van der Waals surface area contributed by atoms with Crippen molar-refractivity contribution < 1.29 is 0 Å². The van der Waals surface area contributed by atoms with E-state index in [-0.39, 0.29) is 0 Å². The second kappa shape index (κ2) is 4.04. The van der Waals surface area contributed by atoms with E-state index in [0.29, 0.717) is 5.92 Å². The quantitative estimate of drug-likeness (QED) is 0.721. The third kappa shape index (κ3) is 2.09. The molecule has 14 heavy (non-hydrogen) atoms. The summed E-state index contributed by atoms with van der Waals surface area (Å²) in [5, 5.41) is 15.5. The molecule has 0 amide bonds. The first-order chi connectivity index (χ1) is 6.75. The SMILES string of the molecule is CC1CCNCC1Cc1nnn(C)n1. The van der Waals surface area contributed by atoms with E-state index >= 15 is 0 Å². The van der Waals surface area contributed by atoms with Gasteiger partial charge in [0.1, 0.15) is 0 Å². The summed E-state index contributed by atoms with van der Waals surface area (Å²) in [6.45, 7) is 4.53. The third-order valence-electron chi connectivity index (χ3n) is 2.98. The minimum absolute atomic E-state index is 0.660. The second-order valence-electron chi connectivity index (χ2n) is 4.13. The first kappa shape index (κ1) is 9.58. The van der Waals surface area contributed by atoms with Crippen molar-refractivity contribution in [1.82, 2.24) is 25.5 Å². The highest BCUT2D eigenvalue weighted by molar-refractivity contribution is 4.86. The Bertz CT molecular complexity index is 295. The van der Waals surface area contributed by atoms with Gasteiger partial charge in [-0.15, -0.1) is 10.2 Å². The Balaban J connectivity index is 1.95. The molecule has 2 atom stereocenters. The van der Waals surface area contributed by atoms with E-state index < -0.39 is 0 Å². The summed E-state index contributed by atoms with van der Waals surface area (Å²) >= 11 is 0. The van der Waals surface area contributed by atoms with Gasteiger partial charge in [-0.2, -0.15) is 4.80 Å². The largest absolute Gasteiger partial charge is 0.316 e. The minimum atomic E-state index is 0.660. The van der Waals surface area contributed by atoms with Crippen LogP contribution in [0.25, 0.3) is 0 Å². The van der Waals surface area contributed by atoms with Gasteiger partial charge < -0.3 is 5.32 Å². The lowest BCUT2D eigenvalue weighted by Crippen LogP contribution is -2.36. The van der Waals surface area contributed by atoms with Gasteiger partial charge >= 0.3 is 0 Å². The molecule has 1 aromatic heterocycles. The fourth-order valence-electron chi connectivity index (χ4n) is 1.97.